The monoisotopic (exact) mass is 397 g/mol. The zero-order valence-corrected chi connectivity index (χ0v) is 15.5. The normalized spacial score (nSPS) is 18.5. The van der Waals surface area contributed by atoms with E-state index in [2.05, 4.69) is 15.9 Å². The molecule has 1 aromatic rings. The summed E-state index contributed by atoms with van der Waals surface area (Å²) in [7, 11) is 1.58. The first-order chi connectivity index (χ1) is 11.7. The number of imide groups is 1. The van der Waals surface area contributed by atoms with Crippen molar-refractivity contribution in [2.45, 2.75) is 31.7 Å². The predicted octanol–water partition coefficient (Wildman–Crippen LogP) is 3.40. The summed E-state index contributed by atoms with van der Waals surface area (Å²) in [4.78, 5) is 26.3. The summed E-state index contributed by atoms with van der Waals surface area (Å²) in [6.07, 6.45) is 2.69. The lowest BCUT2D eigenvalue weighted by molar-refractivity contribution is -0.135. The topological polar surface area (TPSA) is 55.8 Å². The van der Waals surface area contributed by atoms with Crippen molar-refractivity contribution in [1.82, 2.24) is 4.90 Å². The minimum Gasteiger partial charge on any atom is -0.447 e. The first kappa shape index (κ1) is 18.9. The Bertz CT molecular complexity index is 537. The van der Waals surface area contributed by atoms with Gasteiger partial charge in [0.2, 0.25) is 5.91 Å². The minimum atomic E-state index is -0.539. The Hall–Kier alpha value is -1.40. The first-order valence-electron chi connectivity index (χ1n) is 8.26. The van der Waals surface area contributed by atoms with Gasteiger partial charge in [0, 0.05) is 12.4 Å². The Labute approximate surface area is 151 Å². The highest BCUT2D eigenvalue weighted by molar-refractivity contribution is 9.09. The zero-order chi connectivity index (χ0) is 17.4. The van der Waals surface area contributed by atoms with Gasteiger partial charge in [-0.25, -0.2) is 9.69 Å². The smallest absolute Gasteiger partial charge is 0.416 e. The summed E-state index contributed by atoms with van der Waals surface area (Å²) in [5.41, 5.74) is 1.08. The first-order valence-corrected chi connectivity index (χ1v) is 9.38. The molecule has 2 rings (SSSR count). The number of methoxy groups -OCH3 is 1. The summed E-state index contributed by atoms with van der Waals surface area (Å²) in [5, 5.41) is 0.906. The van der Waals surface area contributed by atoms with Crippen LogP contribution in [-0.2, 0) is 20.7 Å². The second kappa shape index (κ2) is 9.79. The maximum Gasteiger partial charge on any atom is 0.416 e. The average Bonchev–Trinajstić information content (AvgIpc) is 2.95. The lowest BCUT2D eigenvalue weighted by Gasteiger charge is -2.24. The van der Waals surface area contributed by atoms with Crippen molar-refractivity contribution >= 4 is 27.9 Å². The predicted molar refractivity (Wildman–Crippen MR) is 95.1 cm³/mol. The highest BCUT2D eigenvalue weighted by atomic mass is 79.9. The van der Waals surface area contributed by atoms with Gasteiger partial charge in [-0.3, -0.25) is 4.79 Å². The van der Waals surface area contributed by atoms with Crippen molar-refractivity contribution in [3.8, 4) is 0 Å². The third-order valence-corrected chi connectivity index (χ3v) is 4.73. The van der Waals surface area contributed by atoms with E-state index in [1.165, 1.54) is 4.90 Å². The number of rotatable bonds is 9. The molecule has 0 aromatic heterocycles. The summed E-state index contributed by atoms with van der Waals surface area (Å²) < 4.78 is 10.3. The van der Waals surface area contributed by atoms with E-state index in [9.17, 15) is 9.59 Å². The van der Waals surface area contributed by atoms with Crippen LogP contribution >= 0.6 is 15.9 Å². The average molecular weight is 398 g/mol. The van der Waals surface area contributed by atoms with E-state index in [1.54, 1.807) is 7.11 Å². The van der Waals surface area contributed by atoms with E-state index < -0.39 is 6.09 Å². The fourth-order valence-electron chi connectivity index (χ4n) is 2.93. The Kier molecular flexibility index (Phi) is 7.72. The van der Waals surface area contributed by atoms with Gasteiger partial charge in [-0.05, 0) is 24.8 Å². The van der Waals surface area contributed by atoms with Gasteiger partial charge >= 0.3 is 6.09 Å². The Morgan fingerprint density at radius 1 is 1.38 bits per heavy atom. The van der Waals surface area contributed by atoms with Crippen molar-refractivity contribution < 1.29 is 19.1 Å². The molecule has 1 saturated heterocycles. The molecule has 5 nitrogen and oxygen atoms in total. The summed E-state index contributed by atoms with van der Waals surface area (Å²) in [6.45, 7) is 0.573. The number of halogens is 1. The number of carbonyl (C=O) groups is 2. The number of ether oxygens (including phenoxy) is 2. The minimum absolute atomic E-state index is 0.185. The van der Waals surface area contributed by atoms with Crippen molar-refractivity contribution in [2.75, 3.05) is 25.7 Å². The summed E-state index contributed by atoms with van der Waals surface area (Å²) in [6, 6.07) is 9.59. The van der Waals surface area contributed by atoms with Gasteiger partial charge in [0.1, 0.15) is 6.61 Å². The second-order valence-corrected chi connectivity index (χ2v) is 6.76. The van der Waals surface area contributed by atoms with Gasteiger partial charge in [-0.15, -0.1) is 0 Å². The van der Waals surface area contributed by atoms with Crippen LogP contribution in [0.3, 0.4) is 0 Å². The molecule has 1 aromatic carbocycles. The zero-order valence-electron chi connectivity index (χ0n) is 13.9. The van der Waals surface area contributed by atoms with Crippen LogP contribution < -0.4 is 0 Å². The lowest BCUT2D eigenvalue weighted by Crippen LogP contribution is -2.44. The summed E-state index contributed by atoms with van der Waals surface area (Å²) in [5.74, 6) is -0.493. The number of benzene rings is 1. The molecule has 0 radical (unpaired) electrons. The number of cyclic esters (lactones) is 1. The molecule has 2 amide bonds. The summed E-state index contributed by atoms with van der Waals surface area (Å²) >= 11 is 3.40. The molecule has 1 heterocycles. The standard InChI is InChI=1S/C18H24BrNO4/c1-23-12-15(9-5-6-10-19)17(21)20-16(13-24-18(20)22)11-14-7-3-2-4-8-14/h2-4,7-8,15-16H,5-6,9-13H2,1H3/t15-,16+/m1/s1. The molecule has 6 heteroatoms. The maximum absolute atomic E-state index is 12.9. The highest BCUT2D eigenvalue weighted by Crippen LogP contribution is 2.22. The van der Waals surface area contributed by atoms with Crippen LogP contribution in [0.15, 0.2) is 30.3 Å². The maximum atomic E-state index is 12.9. The number of alkyl halides is 1. The van der Waals surface area contributed by atoms with E-state index in [0.717, 1.165) is 23.7 Å². The molecular weight excluding hydrogens is 374 g/mol. The van der Waals surface area contributed by atoms with E-state index in [4.69, 9.17) is 9.47 Å². The number of nitrogens with zero attached hydrogens (tertiary/aromatic N) is 1. The third-order valence-electron chi connectivity index (χ3n) is 4.17. The molecule has 1 aliphatic heterocycles. The molecule has 24 heavy (non-hydrogen) atoms. The fraction of sp³-hybridized carbons (Fsp3) is 0.556. The number of hydrogen-bond acceptors (Lipinski definition) is 4. The number of amides is 2. The van der Waals surface area contributed by atoms with Crippen LogP contribution in [0.1, 0.15) is 24.8 Å². The molecule has 0 aliphatic carbocycles. The van der Waals surface area contributed by atoms with Crippen LogP contribution in [0.5, 0.6) is 0 Å². The van der Waals surface area contributed by atoms with E-state index >= 15 is 0 Å². The van der Waals surface area contributed by atoms with Crippen molar-refractivity contribution in [3.63, 3.8) is 0 Å². The van der Waals surface area contributed by atoms with Gasteiger partial charge in [0.15, 0.2) is 0 Å². The molecule has 132 valence electrons. The van der Waals surface area contributed by atoms with Crippen LogP contribution in [0, 0.1) is 5.92 Å². The van der Waals surface area contributed by atoms with Gasteiger partial charge < -0.3 is 9.47 Å². The fourth-order valence-corrected chi connectivity index (χ4v) is 3.32. The van der Waals surface area contributed by atoms with Crippen molar-refractivity contribution in [2.24, 2.45) is 5.92 Å². The van der Waals surface area contributed by atoms with Gasteiger partial charge in [0.05, 0.1) is 18.6 Å². The Morgan fingerprint density at radius 3 is 2.79 bits per heavy atom. The Balaban J connectivity index is 2.06. The SMILES string of the molecule is COC[C@@H](CCCCBr)C(=O)N1C(=O)OC[C@@H]1Cc1ccccc1. The van der Waals surface area contributed by atoms with Crippen molar-refractivity contribution in [3.05, 3.63) is 35.9 Å². The van der Waals surface area contributed by atoms with Gasteiger partial charge in [-0.1, -0.05) is 52.7 Å². The molecular formula is C18H24BrNO4. The van der Waals surface area contributed by atoms with Crippen LogP contribution in [0.4, 0.5) is 4.79 Å². The molecule has 1 aliphatic rings. The van der Waals surface area contributed by atoms with E-state index in [1.807, 2.05) is 30.3 Å². The third kappa shape index (κ3) is 5.05. The molecule has 0 saturated carbocycles. The number of carbonyl (C=O) groups excluding carboxylic acids is 2. The quantitative estimate of drug-likeness (QED) is 0.473. The van der Waals surface area contributed by atoms with E-state index in [-0.39, 0.29) is 24.5 Å². The Morgan fingerprint density at radius 2 is 2.12 bits per heavy atom. The second-order valence-electron chi connectivity index (χ2n) is 5.97. The number of hydrogen-bond donors (Lipinski definition) is 0. The van der Waals surface area contributed by atoms with E-state index in [0.29, 0.717) is 19.4 Å². The lowest BCUT2D eigenvalue weighted by atomic mass is 9.99. The van der Waals surface area contributed by atoms with Gasteiger partial charge in [-0.2, -0.15) is 0 Å². The van der Waals surface area contributed by atoms with Crippen molar-refractivity contribution in [1.29, 1.82) is 0 Å². The molecule has 0 unspecified atom stereocenters. The molecule has 2 atom stereocenters. The van der Waals surface area contributed by atoms with Crippen LogP contribution in [0.25, 0.3) is 0 Å². The number of unbranched alkanes of at least 4 members (excludes halogenated alkanes) is 1. The largest absolute Gasteiger partial charge is 0.447 e. The van der Waals surface area contributed by atoms with Crippen LogP contribution in [-0.4, -0.2) is 48.6 Å². The highest BCUT2D eigenvalue weighted by Gasteiger charge is 2.40. The molecule has 0 N–H and O–H groups in total. The molecule has 0 spiro atoms. The van der Waals surface area contributed by atoms with Gasteiger partial charge in [0.25, 0.3) is 0 Å². The molecule has 1 fully saturated rings. The molecule has 0 bridgehead atoms. The van der Waals surface area contributed by atoms with Crippen LogP contribution in [0.2, 0.25) is 0 Å².